The van der Waals surface area contributed by atoms with Crippen LogP contribution >= 0.6 is 0 Å². The minimum Gasteiger partial charge on any atom is -0.455 e. The third kappa shape index (κ3) is 2.42. The van der Waals surface area contributed by atoms with Crippen LogP contribution in [-0.4, -0.2) is 0 Å². The average Bonchev–Trinajstić information content (AvgIpc) is 3.21. The molecule has 1 aliphatic carbocycles. The lowest BCUT2D eigenvalue weighted by Gasteiger charge is -2.21. The highest BCUT2D eigenvalue weighted by Gasteiger charge is 2.36. The van der Waals surface area contributed by atoms with Crippen molar-refractivity contribution in [3.05, 3.63) is 89.1 Å². The number of furan rings is 1. The molecule has 152 valence electrons. The largest absolute Gasteiger partial charge is 0.455 e. The monoisotopic (exact) mass is 404 g/mol. The zero-order chi connectivity index (χ0) is 21.5. The highest BCUT2D eigenvalue weighted by atomic mass is 16.3. The number of hydrogen-bond donors (Lipinski definition) is 0. The predicted molar refractivity (Wildman–Crippen MR) is 127 cm³/mol. The van der Waals surface area contributed by atoms with Gasteiger partial charge in [0.25, 0.3) is 0 Å². The van der Waals surface area contributed by atoms with Gasteiger partial charge < -0.3 is 4.42 Å². The summed E-state index contributed by atoms with van der Waals surface area (Å²) in [6.45, 7) is 8.92. The Morgan fingerprint density at radius 1 is 0.806 bits per heavy atom. The lowest BCUT2D eigenvalue weighted by atomic mass is 9.82. The second-order valence-corrected chi connectivity index (χ2v) is 9.50. The molecule has 0 bridgehead atoms. The first-order valence-corrected chi connectivity index (χ1v) is 10.9. The fraction of sp³-hybridized carbons (Fsp3) is 0.207. The molecule has 0 spiro atoms. The molecule has 0 saturated heterocycles. The van der Waals surface area contributed by atoms with Gasteiger partial charge in [-0.15, -0.1) is 0 Å². The van der Waals surface area contributed by atoms with Gasteiger partial charge in [0, 0.05) is 27.8 Å². The van der Waals surface area contributed by atoms with E-state index in [0.29, 0.717) is 0 Å². The van der Waals surface area contributed by atoms with Crippen molar-refractivity contribution < 1.29 is 8.98 Å². The SMILES string of the molecule is Cc1ccc(-c2c(C)ccc3c2oc2cc4c(cc23)-c2ccccc2C4(C)C)[n+](C)c1. The molecular formula is C29H26NO+. The Kier molecular flexibility index (Phi) is 3.60. The number of pyridine rings is 1. The van der Waals surface area contributed by atoms with Gasteiger partial charge >= 0.3 is 0 Å². The topological polar surface area (TPSA) is 17.0 Å². The Morgan fingerprint density at radius 2 is 1.61 bits per heavy atom. The summed E-state index contributed by atoms with van der Waals surface area (Å²) in [7, 11) is 2.11. The Labute approximate surface area is 182 Å². The normalized spacial score (nSPS) is 14.2. The van der Waals surface area contributed by atoms with Crippen LogP contribution in [0.15, 0.2) is 71.3 Å². The first kappa shape index (κ1) is 18.4. The number of hydrogen-bond acceptors (Lipinski definition) is 1. The molecule has 0 amide bonds. The molecule has 0 unspecified atom stereocenters. The van der Waals surface area contributed by atoms with Crippen LogP contribution in [0.5, 0.6) is 0 Å². The molecule has 0 aliphatic heterocycles. The number of nitrogens with zero attached hydrogens (tertiary/aromatic N) is 1. The van der Waals surface area contributed by atoms with Crippen molar-refractivity contribution in [3.8, 4) is 22.4 Å². The Hall–Kier alpha value is -3.39. The van der Waals surface area contributed by atoms with Crippen molar-refractivity contribution in [3.63, 3.8) is 0 Å². The van der Waals surface area contributed by atoms with Crippen LogP contribution in [0.1, 0.15) is 36.1 Å². The minimum atomic E-state index is -0.0266. The van der Waals surface area contributed by atoms with Crippen molar-refractivity contribution in [2.24, 2.45) is 7.05 Å². The van der Waals surface area contributed by atoms with E-state index in [2.05, 4.69) is 106 Å². The highest BCUT2D eigenvalue weighted by molar-refractivity contribution is 6.11. The van der Waals surface area contributed by atoms with Crippen LogP contribution in [0.25, 0.3) is 44.3 Å². The Morgan fingerprint density at radius 3 is 2.42 bits per heavy atom. The molecule has 0 radical (unpaired) electrons. The van der Waals surface area contributed by atoms with Crippen LogP contribution in [0.4, 0.5) is 0 Å². The van der Waals surface area contributed by atoms with Gasteiger partial charge in [0.05, 0.1) is 5.56 Å². The number of aryl methyl sites for hydroxylation is 3. The van der Waals surface area contributed by atoms with Gasteiger partial charge in [0.1, 0.15) is 18.2 Å². The van der Waals surface area contributed by atoms with Gasteiger partial charge in [0.2, 0.25) is 5.69 Å². The van der Waals surface area contributed by atoms with Crippen LogP contribution in [-0.2, 0) is 12.5 Å². The van der Waals surface area contributed by atoms with Gasteiger partial charge in [-0.25, -0.2) is 4.57 Å². The van der Waals surface area contributed by atoms with E-state index >= 15 is 0 Å². The van der Waals surface area contributed by atoms with Gasteiger partial charge in [-0.3, -0.25) is 0 Å². The van der Waals surface area contributed by atoms with Gasteiger partial charge in [-0.05, 0) is 59.9 Å². The summed E-state index contributed by atoms with van der Waals surface area (Å²) in [5.74, 6) is 0. The van der Waals surface area contributed by atoms with Crippen LogP contribution in [0, 0.1) is 13.8 Å². The molecule has 2 heteroatoms. The van der Waals surface area contributed by atoms with E-state index < -0.39 is 0 Å². The van der Waals surface area contributed by atoms with Crippen molar-refractivity contribution >= 4 is 21.9 Å². The molecular weight excluding hydrogens is 378 g/mol. The second-order valence-electron chi connectivity index (χ2n) is 9.50. The molecule has 0 atom stereocenters. The molecule has 2 heterocycles. The third-order valence-corrected chi connectivity index (χ3v) is 7.09. The Bertz CT molecular complexity index is 1530. The number of fused-ring (bicyclic) bond motifs is 6. The van der Waals surface area contributed by atoms with E-state index in [4.69, 9.17) is 4.42 Å². The molecule has 2 nitrogen and oxygen atoms in total. The molecule has 1 aliphatic rings. The summed E-state index contributed by atoms with van der Waals surface area (Å²) in [6.07, 6.45) is 2.17. The lowest BCUT2D eigenvalue weighted by molar-refractivity contribution is -0.660. The quantitative estimate of drug-likeness (QED) is 0.275. The van der Waals surface area contributed by atoms with Crippen LogP contribution in [0.2, 0.25) is 0 Å². The van der Waals surface area contributed by atoms with Crippen molar-refractivity contribution in [1.82, 2.24) is 0 Å². The van der Waals surface area contributed by atoms with Gasteiger partial charge in [0.15, 0.2) is 6.20 Å². The zero-order valence-electron chi connectivity index (χ0n) is 18.7. The van der Waals surface area contributed by atoms with E-state index in [1.54, 1.807) is 0 Å². The average molecular weight is 405 g/mol. The fourth-order valence-electron chi connectivity index (χ4n) is 5.46. The number of aromatic nitrogens is 1. The van der Waals surface area contributed by atoms with E-state index in [1.165, 1.54) is 55.4 Å². The molecule has 31 heavy (non-hydrogen) atoms. The molecule has 0 fully saturated rings. The number of benzene rings is 3. The summed E-state index contributed by atoms with van der Waals surface area (Å²) < 4.78 is 8.81. The standard InChI is InChI=1S/C29H26NO/c1-17-10-13-25(30(5)16-17)27-18(2)11-12-20-22-14-21-19-8-6-7-9-23(19)29(3,4)24(21)15-26(22)31-28(20)27/h6-16H,1-5H3/q+1. The third-order valence-electron chi connectivity index (χ3n) is 7.09. The Balaban J connectivity index is 1.69. The molecule has 0 N–H and O–H groups in total. The summed E-state index contributed by atoms with van der Waals surface area (Å²) in [5, 5.41) is 2.37. The predicted octanol–water partition coefficient (Wildman–Crippen LogP) is 7.00. The smallest absolute Gasteiger partial charge is 0.216 e. The summed E-state index contributed by atoms with van der Waals surface area (Å²) in [4.78, 5) is 0. The summed E-state index contributed by atoms with van der Waals surface area (Å²) >= 11 is 0. The van der Waals surface area contributed by atoms with Crippen LogP contribution in [0.3, 0.4) is 0 Å². The summed E-state index contributed by atoms with van der Waals surface area (Å²) in [5.41, 5.74) is 12.2. The van der Waals surface area contributed by atoms with Crippen molar-refractivity contribution in [2.75, 3.05) is 0 Å². The van der Waals surface area contributed by atoms with E-state index in [0.717, 1.165) is 11.2 Å². The fourth-order valence-corrected chi connectivity index (χ4v) is 5.46. The lowest BCUT2D eigenvalue weighted by Crippen LogP contribution is -2.31. The maximum absolute atomic E-state index is 6.61. The number of rotatable bonds is 1. The van der Waals surface area contributed by atoms with Gasteiger partial charge in [-0.1, -0.05) is 50.2 Å². The minimum absolute atomic E-state index is 0.0266. The summed E-state index contributed by atoms with van der Waals surface area (Å²) in [6, 6.07) is 22.2. The van der Waals surface area contributed by atoms with Crippen LogP contribution < -0.4 is 4.57 Å². The van der Waals surface area contributed by atoms with E-state index in [1.807, 2.05) is 0 Å². The first-order valence-electron chi connectivity index (χ1n) is 10.9. The first-order chi connectivity index (χ1) is 14.9. The maximum Gasteiger partial charge on any atom is 0.216 e. The highest BCUT2D eigenvalue weighted by Crippen LogP contribution is 2.51. The second kappa shape index (κ2) is 6.07. The van der Waals surface area contributed by atoms with Crippen molar-refractivity contribution in [1.29, 1.82) is 0 Å². The molecule has 3 aromatic carbocycles. The molecule has 2 aromatic heterocycles. The molecule has 0 saturated carbocycles. The molecule has 6 rings (SSSR count). The van der Waals surface area contributed by atoms with Crippen molar-refractivity contribution in [2.45, 2.75) is 33.1 Å². The molecule has 5 aromatic rings. The van der Waals surface area contributed by atoms with E-state index in [-0.39, 0.29) is 5.41 Å². The van der Waals surface area contributed by atoms with E-state index in [9.17, 15) is 0 Å². The van der Waals surface area contributed by atoms with Gasteiger partial charge in [-0.2, -0.15) is 0 Å². The zero-order valence-corrected chi connectivity index (χ0v) is 18.7. The maximum atomic E-state index is 6.61.